The van der Waals surface area contributed by atoms with Crippen molar-refractivity contribution < 1.29 is 0 Å². The highest BCUT2D eigenvalue weighted by Crippen LogP contribution is 2.20. The second kappa shape index (κ2) is 4.09. The molecule has 2 heterocycles. The summed E-state index contributed by atoms with van der Waals surface area (Å²) in [6, 6.07) is 2.00. The standard InChI is InChI=1S/C12H22N4/c1-12(2,3)16-11(13)8-10(14-16)9-15-6-4-5-7-15/h8H,4-7,9,13H2,1-3H3. The van der Waals surface area contributed by atoms with Crippen LogP contribution in [0.1, 0.15) is 39.3 Å². The zero-order valence-electron chi connectivity index (χ0n) is 10.5. The first-order valence-corrected chi connectivity index (χ1v) is 6.04. The third kappa shape index (κ3) is 2.38. The van der Waals surface area contributed by atoms with E-state index in [4.69, 9.17) is 5.73 Å². The molecule has 0 unspecified atom stereocenters. The van der Waals surface area contributed by atoms with Gasteiger partial charge in [0.25, 0.3) is 0 Å². The predicted octanol–water partition coefficient (Wildman–Crippen LogP) is 1.82. The molecule has 2 N–H and O–H groups in total. The van der Waals surface area contributed by atoms with Gasteiger partial charge in [-0.1, -0.05) is 0 Å². The van der Waals surface area contributed by atoms with Gasteiger partial charge >= 0.3 is 0 Å². The maximum Gasteiger partial charge on any atom is 0.122 e. The molecule has 4 nitrogen and oxygen atoms in total. The smallest absolute Gasteiger partial charge is 0.122 e. The Morgan fingerprint density at radius 3 is 2.44 bits per heavy atom. The lowest BCUT2D eigenvalue weighted by molar-refractivity contribution is 0.315. The number of nitrogens with two attached hydrogens (primary N) is 1. The normalized spacial score (nSPS) is 18.2. The minimum absolute atomic E-state index is 0.0344. The van der Waals surface area contributed by atoms with E-state index < -0.39 is 0 Å². The van der Waals surface area contributed by atoms with E-state index in [0.29, 0.717) is 0 Å². The molecule has 1 aliphatic rings. The van der Waals surface area contributed by atoms with E-state index in [1.165, 1.54) is 25.9 Å². The molecule has 1 aromatic rings. The molecule has 16 heavy (non-hydrogen) atoms. The molecule has 0 spiro atoms. The van der Waals surface area contributed by atoms with Crippen molar-refractivity contribution >= 4 is 5.82 Å². The Balaban J connectivity index is 2.11. The van der Waals surface area contributed by atoms with E-state index in [1.807, 2.05) is 10.7 Å². The van der Waals surface area contributed by atoms with E-state index in [-0.39, 0.29) is 5.54 Å². The molecule has 0 radical (unpaired) electrons. The van der Waals surface area contributed by atoms with Gasteiger partial charge in [-0.05, 0) is 46.7 Å². The molecule has 1 fully saturated rings. The second-order valence-corrected chi connectivity index (χ2v) is 5.63. The average Bonchev–Trinajstić information content (AvgIpc) is 2.74. The van der Waals surface area contributed by atoms with Crippen molar-refractivity contribution in [1.29, 1.82) is 0 Å². The highest BCUT2D eigenvalue weighted by Gasteiger charge is 2.19. The molecule has 0 bridgehead atoms. The van der Waals surface area contributed by atoms with Crippen LogP contribution in [0, 0.1) is 0 Å². The summed E-state index contributed by atoms with van der Waals surface area (Å²) in [5, 5.41) is 4.59. The molecule has 1 saturated heterocycles. The Hall–Kier alpha value is -1.03. The van der Waals surface area contributed by atoms with Gasteiger partial charge < -0.3 is 5.73 Å². The van der Waals surface area contributed by atoms with Crippen LogP contribution in [-0.2, 0) is 12.1 Å². The SMILES string of the molecule is CC(C)(C)n1nc(CN2CCCC2)cc1N. The highest BCUT2D eigenvalue weighted by atomic mass is 15.4. The summed E-state index contributed by atoms with van der Waals surface area (Å²) in [6.07, 6.45) is 2.63. The number of likely N-dealkylation sites (tertiary alicyclic amines) is 1. The predicted molar refractivity (Wildman–Crippen MR) is 66.1 cm³/mol. The summed E-state index contributed by atoms with van der Waals surface area (Å²) in [4.78, 5) is 2.44. The minimum atomic E-state index is -0.0344. The number of aromatic nitrogens is 2. The first kappa shape index (κ1) is 11.5. The third-order valence-electron chi connectivity index (χ3n) is 3.01. The van der Waals surface area contributed by atoms with Gasteiger partial charge in [0, 0.05) is 12.6 Å². The fourth-order valence-electron chi connectivity index (χ4n) is 2.23. The van der Waals surface area contributed by atoms with Crippen LogP contribution in [0.2, 0.25) is 0 Å². The number of hydrogen-bond donors (Lipinski definition) is 1. The number of rotatable bonds is 2. The summed E-state index contributed by atoms with van der Waals surface area (Å²) in [6.45, 7) is 9.69. The van der Waals surface area contributed by atoms with Gasteiger partial charge in [-0.3, -0.25) is 4.90 Å². The van der Waals surface area contributed by atoms with Crippen LogP contribution in [0.3, 0.4) is 0 Å². The van der Waals surface area contributed by atoms with Crippen molar-refractivity contribution in [3.05, 3.63) is 11.8 Å². The van der Waals surface area contributed by atoms with Crippen LogP contribution in [0.15, 0.2) is 6.07 Å². The monoisotopic (exact) mass is 222 g/mol. The number of anilines is 1. The molecular formula is C12H22N4. The fraction of sp³-hybridized carbons (Fsp3) is 0.750. The van der Waals surface area contributed by atoms with Crippen LogP contribution in [-0.4, -0.2) is 27.8 Å². The zero-order valence-corrected chi connectivity index (χ0v) is 10.5. The molecule has 2 rings (SSSR count). The van der Waals surface area contributed by atoms with E-state index in [2.05, 4.69) is 30.8 Å². The van der Waals surface area contributed by atoms with E-state index in [9.17, 15) is 0 Å². The maximum absolute atomic E-state index is 5.98. The molecule has 4 heteroatoms. The van der Waals surface area contributed by atoms with Gasteiger partial charge in [0.15, 0.2) is 0 Å². The summed E-state index contributed by atoms with van der Waals surface area (Å²) < 4.78 is 1.92. The van der Waals surface area contributed by atoms with E-state index in [1.54, 1.807) is 0 Å². The molecule has 0 saturated carbocycles. The lowest BCUT2D eigenvalue weighted by atomic mass is 10.1. The molecule has 90 valence electrons. The van der Waals surface area contributed by atoms with Crippen molar-refractivity contribution in [2.24, 2.45) is 0 Å². The Labute approximate surface area is 97.4 Å². The summed E-state index contributed by atoms with van der Waals surface area (Å²) >= 11 is 0. The van der Waals surface area contributed by atoms with Crippen LogP contribution in [0.25, 0.3) is 0 Å². The van der Waals surface area contributed by atoms with Gasteiger partial charge in [-0.2, -0.15) is 5.10 Å². The van der Waals surface area contributed by atoms with Crippen LogP contribution in [0.4, 0.5) is 5.82 Å². The first-order valence-electron chi connectivity index (χ1n) is 6.04. The van der Waals surface area contributed by atoms with Crippen molar-refractivity contribution in [2.45, 2.75) is 45.7 Å². The number of hydrogen-bond acceptors (Lipinski definition) is 3. The van der Waals surface area contributed by atoms with Crippen molar-refractivity contribution in [2.75, 3.05) is 18.8 Å². The highest BCUT2D eigenvalue weighted by molar-refractivity contribution is 5.32. The van der Waals surface area contributed by atoms with Gasteiger partial charge in [-0.15, -0.1) is 0 Å². The maximum atomic E-state index is 5.98. The minimum Gasteiger partial charge on any atom is -0.384 e. The van der Waals surface area contributed by atoms with Crippen LogP contribution >= 0.6 is 0 Å². The van der Waals surface area contributed by atoms with Gasteiger partial charge in [0.2, 0.25) is 0 Å². The quantitative estimate of drug-likeness (QED) is 0.830. The lowest BCUT2D eigenvalue weighted by Gasteiger charge is -2.20. The third-order valence-corrected chi connectivity index (χ3v) is 3.01. The lowest BCUT2D eigenvalue weighted by Crippen LogP contribution is -2.25. The Bertz CT molecular complexity index is 356. The first-order chi connectivity index (χ1) is 7.47. The molecule has 0 amide bonds. The summed E-state index contributed by atoms with van der Waals surface area (Å²) in [7, 11) is 0. The molecule has 1 aliphatic heterocycles. The van der Waals surface area contributed by atoms with E-state index in [0.717, 1.165) is 18.1 Å². The second-order valence-electron chi connectivity index (χ2n) is 5.63. The van der Waals surface area contributed by atoms with Crippen LogP contribution in [0.5, 0.6) is 0 Å². The Kier molecular flexibility index (Phi) is 2.93. The number of nitrogens with zero attached hydrogens (tertiary/aromatic N) is 3. The largest absolute Gasteiger partial charge is 0.384 e. The summed E-state index contributed by atoms with van der Waals surface area (Å²) in [5.74, 6) is 0.765. The molecule has 0 aliphatic carbocycles. The molecule has 1 aromatic heterocycles. The van der Waals surface area contributed by atoms with Crippen molar-refractivity contribution in [1.82, 2.24) is 14.7 Å². The molecule has 0 aromatic carbocycles. The van der Waals surface area contributed by atoms with Gasteiger partial charge in [0.05, 0.1) is 11.2 Å². The van der Waals surface area contributed by atoms with Crippen molar-refractivity contribution in [3.63, 3.8) is 0 Å². The van der Waals surface area contributed by atoms with Crippen LogP contribution < -0.4 is 5.73 Å². The Morgan fingerprint density at radius 2 is 1.94 bits per heavy atom. The average molecular weight is 222 g/mol. The van der Waals surface area contributed by atoms with Crippen molar-refractivity contribution in [3.8, 4) is 0 Å². The van der Waals surface area contributed by atoms with E-state index >= 15 is 0 Å². The molecular weight excluding hydrogens is 200 g/mol. The number of nitrogen functional groups attached to an aromatic ring is 1. The topological polar surface area (TPSA) is 47.1 Å². The molecule has 0 atom stereocenters. The zero-order chi connectivity index (χ0) is 11.8. The summed E-state index contributed by atoms with van der Waals surface area (Å²) in [5.41, 5.74) is 7.04. The van der Waals surface area contributed by atoms with Gasteiger partial charge in [-0.25, -0.2) is 4.68 Å². The Morgan fingerprint density at radius 1 is 1.31 bits per heavy atom. The van der Waals surface area contributed by atoms with Gasteiger partial charge in [0.1, 0.15) is 5.82 Å². The fourth-order valence-corrected chi connectivity index (χ4v) is 2.23.